The number of halogens is 2. The Labute approximate surface area is 167 Å². The summed E-state index contributed by atoms with van der Waals surface area (Å²) < 4.78 is 0. The molecule has 0 atom stereocenters. The van der Waals surface area contributed by atoms with Gasteiger partial charge in [-0.3, -0.25) is 9.59 Å². The molecule has 4 nitrogen and oxygen atoms in total. The van der Waals surface area contributed by atoms with Gasteiger partial charge in [0.15, 0.2) is 0 Å². The van der Waals surface area contributed by atoms with Gasteiger partial charge in [-0.1, -0.05) is 30.1 Å². The lowest BCUT2D eigenvalue weighted by Crippen LogP contribution is -2.38. The molecule has 0 saturated carbocycles. The molecule has 0 aliphatic heterocycles. The van der Waals surface area contributed by atoms with Gasteiger partial charge in [0.25, 0.3) is 5.91 Å². The molecule has 138 valence electrons. The van der Waals surface area contributed by atoms with E-state index in [9.17, 15) is 9.59 Å². The molecule has 1 N–H and O–H groups in total. The van der Waals surface area contributed by atoms with E-state index in [1.54, 1.807) is 34.4 Å². The van der Waals surface area contributed by atoms with Crippen molar-refractivity contribution in [2.24, 2.45) is 0 Å². The zero-order valence-electron chi connectivity index (χ0n) is 14.5. The van der Waals surface area contributed by atoms with E-state index in [-0.39, 0.29) is 18.4 Å². The normalized spacial score (nSPS) is 12.7. The largest absolute Gasteiger partial charge is 0.329 e. The molecular formula is C19H20Cl2N2O2S. The molecule has 1 aromatic carbocycles. The average molecular weight is 411 g/mol. The summed E-state index contributed by atoms with van der Waals surface area (Å²) in [4.78, 5) is 28.9. The molecule has 0 spiro atoms. The van der Waals surface area contributed by atoms with Crippen molar-refractivity contribution in [1.29, 1.82) is 0 Å². The first-order chi connectivity index (χ1) is 12.5. The Morgan fingerprint density at radius 3 is 2.73 bits per heavy atom. The van der Waals surface area contributed by atoms with E-state index in [2.05, 4.69) is 5.32 Å². The highest BCUT2D eigenvalue weighted by atomic mass is 35.5. The van der Waals surface area contributed by atoms with Crippen molar-refractivity contribution in [3.05, 3.63) is 49.6 Å². The molecule has 0 fully saturated rings. The summed E-state index contributed by atoms with van der Waals surface area (Å²) in [6.07, 6.45) is 4.05. The monoisotopic (exact) mass is 410 g/mol. The lowest BCUT2D eigenvalue weighted by Gasteiger charge is -2.21. The highest BCUT2D eigenvalue weighted by molar-refractivity contribution is 7.14. The van der Waals surface area contributed by atoms with Gasteiger partial charge in [0.05, 0.1) is 15.6 Å². The number of benzene rings is 1. The number of fused-ring (bicyclic) bond motifs is 1. The molecule has 0 unspecified atom stereocenters. The van der Waals surface area contributed by atoms with Crippen LogP contribution in [0, 0.1) is 0 Å². The SMILES string of the molecule is CCCN(CC(=O)Nc1ccc(Cl)cc1Cl)C(=O)c1cc2c(s1)CCC2. The van der Waals surface area contributed by atoms with E-state index in [0.717, 1.165) is 24.1 Å². The lowest BCUT2D eigenvalue weighted by molar-refractivity contribution is -0.116. The summed E-state index contributed by atoms with van der Waals surface area (Å²) in [5.74, 6) is -0.358. The number of rotatable bonds is 6. The predicted octanol–water partition coefficient (Wildman–Crippen LogP) is 5.03. The zero-order valence-corrected chi connectivity index (χ0v) is 16.8. The van der Waals surface area contributed by atoms with E-state index in [0.29, 0.717) is 22.3 Å². The Balaban J connectivity index is 1.68. The highest BCUT2D eigenvalue weighted by Gasteiger charge is 2.23. The molecule has 7 heteroatoms. The molecule has 0 radical (unpaired) electrons. The number of carbonyl (C=O) groups is 2. The molecule has 1 aliphatic rings. The number of amides is 2. The Morgan fingerprint density at radius 1 is 1.23 bits per heavy atom. The summed E-state index contributed by atoms with van der Waals surface area (Å²) >= 11 is 13.5. The molecule has 1 heterocycles. The van der Waals surface area contributed by atoms with Gasteiger partial charge in [-0.25, -0.2) is 0 Å². The molecule has 2 amide bonds. The second-order valence-electron chi connectivity index (χ2n) is 6.31. The molecule has 2 aromatic rings. The topological polar surface area (TPSA) is 49.4 Å². The number of thiophene rings is 1. The number of aryl methyl sites for hydroxylation is 2. The highest BCUT2D eigenvalue weighted by Crippen LogP contribution is 2.31. The molecule has 3 rings (SSSR count). The van der Waals surface area contributed by atoms with Crippen molar-refractivity contribution in [1.82, 2.24) is 4.90 Å². The first-order valence-corrected chi connectivity index (χ1v) is 10.2. The van der Waals surface area contributed by atoms with E-state index in [1.807, 2.05) is 13.0 Å². The number of carbonyl (C=O) groups excluding carboxylic acids is 2. The van der Waals surface area contributed by atoms with Gasteiger partial charge in [-0.05, 0) is 55.5 Å². The Morgan fingerprint density at radius 2 is 2.04 bits per heavy atom. The third kappa shape index (κ3) is 4.40. The number of anilines is 1. The zero-order chi connectivity index (χ0) is 18.7. The summed E-state index contributed by atoms with van der Waals surface area (Å²) in [6, 6.07) is 6.87. The van der Waals surface area contributed by atoms with Gasteiger partial charge < -0.3 is 10.2 Å². The quantitative estimate of drug-likeness (QED) is 0.725. The third-order valence-corrected chi connectivity index (χ3v) is 6.05. The van der Waals surface area contributed by atoms with Crippen LogP contribution >= 0.6 is 34.5 Å². The summed E-state index contributed by atoms with van der Waals surface area (Å²) in [7, 11) is 0. The first-order valence-electron chi connectivity index (χ1n) is 8.63. The molecular weight excluding hydrogens is 391 g/mol. The maximum Gasteiger partial charge on any atom is 0.264 e. The number of hydrogen-bond acceptors (Lipinski definition) is 3. The van der Waals surface area contributed by atoms with Crippen molar-refractivity contribution in [2.45, 2.75) is 32.6 Å². The van der Waals surface area contributed by atoms with Gasteiger partial charge in [-0.2, -0.15) is 0 Å². The predicted molar refractivity (Wildman–Crippen MR) is 108 cm³/mol. The van der Waals surface area contributed by atoms with E-state index >= 15 is 0 Å². The van der Waals surface area contributed by atoms with Gasteiger partial charge in [0, 0.05) is 16.4 Å². The summed E-state index contributed by atoms with van der Waals surface area (Å²) in [6.45, 7) is 2.51. The van der Waals surface area contributed by atoms with Crippen molar-refractivity contribution in [3.63, 3.8) is 0 Å². The Bertz CT molecular complexity index is 813. The van der Waals surface area contributed by atoms with Crippen LogP contribution in [0.15, 0.2) is 24.3 Å². The second kappa shape index (κ2) is 8.42. The van der Waals surface area contributed by atoms with Crippen LogP contribution in [0.25, 0.3) is 0 Å². The van der Waals surface area contributed by atoms with Crippen LogP contribution < -0.4 is 5.32 Å². The standard InChI is InChI=1S/C19H20Cl2N2O2S/c1-2-8-23(19(25)17-9-12-4-3-5-16(12)26-17)11-18(24)22-15-7-6-13(20)10-14(15)21/h6-7,9-10H,2-5,8,11H2,1H3,(H,22,24). The second-order valence-corrected chi connectivity index (χ2v) is 8.29. The minimum absolute atomic E-state index is 0.00576. The van der Waals surface area contributed by atoms with E-state index < -0.39 is 0 Å². The van der Waals surface area contributed by atoms with Crippen molar-refractivity contribution >= 4 is 52.0 Å². The smallest absolute Gasteiger partial charge is 0.264 e. The summed E-state index contributed by atoms with van der Waals surface area (Å²) in [5, 5.41) is 3.62. The Kier molecular flexibility index (Phi) is 6.22. The van der Waals surface area contributed by atoms with Crippen LogP contribution in [0.4, 0.5) is 5.69 Å². The maximum atomic E-state index is 12.9. The summed E-state index contributed by atoms with van der Waals surface area (Å²) in [5.41, 5.74) is 1.77. The van der Waals surface area contributed by atoms with Crippen LogP contribution in [-0.2, 0) is 17.6 Å². The minimum atomic E-state index is -0.278. The first kappa shape index (κ1) is 19.2. The van der Waals surface area contributed by atoms with Crippen molar-refractivity contribution in [3.8, 4) is 0 Å². The van der Waals surface area contributed by atoms with Crippen LogP contribution in [-0.4, -0.2) is 29.8 Å². The fraction of sp³-hybridized carbons (Fsp3) is 0.368. The molecule has 0 bridgehead atoms. The van der Waals surface area contributed by atoms with E-state index in [4.69, 9.17) is 23.2 Å². The van der Waals surface area contributed by atoms with Gasteiger partial charge in [0.1, 0.15) is 6.54 Å². The van der Waals surface area contributed by atoms with Gasteiger partial charge >= 0.3 is 0 Å². The molecule has 0 saturated heterocycles. The maximum absolute atomic E-state index is 12.9. The van der Waals surface area contributed by atoms with Crippen molar-refractivity contribution in [2.75, 3.05) is 18.4 Å². The van der Waals surface area contributed by atoms with Crippen LogP contribution in [0.1, 0.15) is 39.9 Å². The fourth-order valence-electron chi connectivity index (χ4n) is 3.07. The lowest BCUT2D eigenvalue weighted by atomic mass is 10.2. The van der Waals surface area contributed by atoms with Crippen molar-refractivity contribution < 1.29 is 9.59 Å². The number of hydrogen-bond donors (Lipinski definition) is 1. The van der Waals surface area contributed by atoms with Crippen LogP contribution in [0.3, 0.4) is 0 Å². The van der Waals surface area contributed by atoms with Crippen LogP contribution in [0.2, 0.25) is 10.0 Å². The number of nitrogens with zero attached hydrogens (tertiary/aromatic N) is 1. The van der Waals surface area contributed by atoms with Crippen LogP contribution in [0.5, 0.6) is 0 Å². The molecule has 26 heavy (non-hydrogen) atoms. The molecule has 1 aromatic heterocycles. The Hall–Kier alpha value is -1.56. The molecule has 1 aliphatic carbocycles. The van der Waals surface area contributed by atoms with E-state index in [1.165, 1.54) is 16.9 Å². The van der Waals surface area contributed by atoms with Gasteiger partial charge in [-0.15, -0.1) is 11.3 Å². The van der Waals surface area contributed by atoms with Gasteiger partial charge in [0.2, 0.25) is 5.91 Å². The average Bonchev–Trinajstić information content (AvgIpc) is 3.18. The third-order valence-electron chi connectivity index (χ3n) is 4.28. The fourth-order valence-corrected chi connectivity index (χ4v) is 4.74. The number of nitrogens with one attached hydrogen (secondary N) is 1. The minimum Gasteiger partial charge on any atom is -0.329 e.